The minimum absolute atomic E-state index is 0.161. The van der Waals surface area contributed by atoms with Crippen molar-refractivity contribution in [2.24, 2.45) is 0 Å². The molecular formula is C28H43N3O3. The summed E-state index contributed by atoms with van der Waals surface area (Å²) in [5.74, 6) is 0. The van der Waals surface area contributed by atoms with Gasteiger partial charge in [-0.2, -0.15) is 0 Å². The molecule has 1 saturated heterocycles. The van der Waals surface area contributed by atoms with Crippen LogP contribution >= 0.6 is 0 Å². The van der Waals surface area contributed by atoms with Gasteiger partial charge in [0.25, 0.3) is 0 Å². The van der Waals surface area contributed by atoms with Gasteiger partial charge in [-0.05, 0) is 28.7 Å². The molecule has 0 spiro atoms. The van der Waals surface area contributed by atoms with Gasteiger partial charge in [0.05, 0.1) is 32.5 Å². The Hall–Kier alpha value is -1.96. The number of aliphatic hydroxyl groups excluding tert-OH is 1. The van der Waals surface area contributed by atoms with Crippen LogP contribution in [-0.4, -0.2) is 84.7 Å². The maximum Gasteiger partial charge on any atom is 0.0900 e. The van der Waals surface area contributed by atoms with Crippen LogP contribution in [0, 0.1) is 0 Å². The molecule has 2 aromatic rings. The van der Waals surface area contributed by atoms with E-state index in [-0.39, 0.29) is 5.41 Å². The fraction of sp³-hybridized carbons (Fsp3) is 0.571. The molecule has 1 aromatic heterocycles. The summed E-state index contributed by atoms with van der Waals surface area (Å²) < 4.78 is 13.3. The average molecular weight is 470 g/mol. The SMILES string of the molecule is C=CCOCC(O)CN(CCN1CCOCC1)Cc1cccn1Cc1ccc(C(C)(C)C)cc1. The summed E-state index contributed by atoms with van der Waals surface area (Å²) in [5, 5.41) is 10.6. The van der Waals surface area contributed by atoms with Gasteiger partial charge in [0.2, 0.25) is 0 Å². The molecule has 1 unspecified atom stereocenters. The normalized spacial score (nSPS) is 16.1. The Labute approximate surface area is 205 Å². The van der Waals surface area contributed by atoms with Crippen LogP contribution in [-0.2, 0) is 28.0 Å². The van der Waals surface area contributed by atoms with Crippen molar-refractivity contribution in [1.82, 2.24) is 14.4 Å². The third-order valence-electron chi connectivity index (χ3n) is 6.33. The van der Waals surface area contributed by atoms with Gasteiger partial charge < -0.3 is 19.1 Å². The molecule has 34 heavy (non-hydrogen) atoms. The molecule has 1 aliphatic rings. The summed E-state index contributed by atoms with van der Waals surface area (Å²) in [7, 11) is 0. The molecule has 188 valence electrons. The number of hydrogen-bond donors (Lipinski definition) is 1. The molecule has 1 aliphatic heterocycles. The lowest BCUT2D eigenvalue weighted by atomic mass is 9.87. The molecule has 0 amide bonds. The quantitative estimate of drug-likeness (QED) is 0.359. The molecule has 6 nitrogen and oxygen atoms in total. The molecule has 1 aromatic carbocycles. The van der Waals surface area contributed by atoms with Crippen LogP contribution in [0.1, 0.15) is 37.6 Å². The summed E-state index contributed by atoms with van der Waals surface area (Å²) in [4.78, 5) is 4.78. The highest BCUT2D eigenvalue weighted by atomic mass is 16.5. The standard InChI is InChI=1S/C28H43N3O3/c1-5-17-34-23-27(32)22-30(14-13-29-15-18-33-19-16-29)21-26-7-6-12-31(26)20-24-8-10-25(11-9-24)28(2,3)4/h5-12,27,32H,1,13-23H2,2-4H3. The van der Waals surface area contributed by atoms with Crippen LogP contribution in [0.15, 0.2) is 55.3 Å². The van der Waals surface area contributed by atoms with Crippen molar-refractivity contribution in [2.75, 3.05) is 59.2 Å². The molecule has 2 heterocycles. The lowest BCUT2D eigenvalue weighted by molar-refractivity contribution is 0.0124. The fourth-order valence-electron chi connectivity index (χ4n) is 4.26. The third-order valence-corrected chi connectivity index (χ3v) is 6.33. The van der Waals surface area contributed by atoms with Crippen LogP contribution in [0.25, 0.3) is 0 Å². The number of rotatable bonds is 13. The Kier molecular flexibility index (Phi) is 10.4. The van der Waals surface area contributed by atoms with Crippen molar-refractivity contribution in [3.8, 4) is 0 Å². The van der Waals surface area contributed by atoms with Crippen molar-refractivity contribution >= 4 is 0 Å². The summed E-state index contributed by atoms with van der Waals surface area (Å²) in [5.41, 5.74) is 4.06. The summed E-state index contributed by atoms with van der Waals surface area (Å²) >= 11 is 0. The number of nitrogens with zero attached hydrogens (tertiary/aromatic N) is 3. The molecule has 1 N–H and O–H groups in total. The van der Waals surface area contributed by atoms with Crippen LogP contribution in [0.4, 0.5) is 0 Å². The maximum absolute atomic E-state index is 10.6. The van der Waals surface area contributed by atoms with Gasteiger partial charge in [-0.3, -0.25) is 9.80 Å². The number of morpholine rings is 1. The number of aromatic nitrogens is 1. The molecule has 0 radical (unpaired) electrons. The highest BCUT2D eigenvalue weighted by molar-refractivity contribution is 5.28. The van der Waals surface area contributed by atoms with E-state index in [2.05, 4.69) is 84.3 Å². The Balaban J connectivity index is 1.63. The van der Waals surface area contributed by atoms with E-state index in [1.807, 2.05) is 0 Å². The Morgan fingerprint density at radius 2 is 1.91 bits per heavy atom. The van der Waals surface area contributed by atoms with Crippen LogP contribution < -0.4 is 0 Å². The molecule has 1 atom stereocenters. The maximum atomic E-state index is 10.6. The van der Waals surface area contributed by atoms with Gasteiger partial charge in [0.1, 0.15) is 0 Å². The zero-order valence-electron chi connectivity index (χ0n) is 21.3. The first kappa shape index (κ1) is 26.6. The summed E-state index contributed by atoms with van der Waals surface area (Å²) in [6.07, 6.45) is 3.33. The highest BCUT2D eigenvalue weighted by Gasteiger charge is 2.18. The predicted molar refractivity (Wildman–Crippen MR) is 138 cm³/mol. The molecule has 3 rings (SSSR count). The van der Waals surface area contributed by atoms with Crippen LogP contribution in [0.5, 0.6) is 0 Å². The fourth-order valence-corrected chi connectivity index (χ4v) is 4.26. The van der Waals surface area contributed by atoms with Gasteiger partial charge in [-0.15, -0.1) is 6.58 Å². The van der Waals surface area contributed by atoms with Gasteiger partial charge >= 0.3 is 0 Å². The Morgan fingerprint density at radius 3 is 2.59 bits per heavy atom. The Morgan fingerprint density at radius 1 is 1.18 bits per heavy atom. The second-order valence-electron chi connectivity index (χ2n) is 10.2. The van der Waals surface area contributed by atoms with E-state index in [1.165, 1.54) is 16.8 Å². The smallest absolute Gasteiger partial charge is 0.0900 e. The van der Waals surface area contributed by atoms with Crippen molar-refractivity contribution in [3.05, 3.63) is 72.1 Å². The van der Waals surface area contributed by atoms with Gasteiger partial charge in [-0.25, -0.2) is 0 Å². The molecule has 0 saturated carbocycles. The van der Waals surface area contributed by atoms with E-state index in [0.29, 0.717) is 19.8 Å². The monoisotopic (exact) mass is 469 g/mol. The molecule has 1 fully saturated rings. The lowest BCUT2D eigenvalue weighted by Gasteiger charge is -2.31. The first-order valence-electron chi connectivity index (χ1n) is 12.5. The van der Waals surface area contributed by atoms with Crippen LogP contribution in [0.3, 0.4) is 0 Å². The second-order valence-corrected chi connectivity index (χ2v) is 10.2. The predicted octanol–water partition coefficient (Wildman–Crippen LogP) is 3.53. The molecule has 0 aliphatic carbocycles. The second kappa shape index (κ2) is 13.2. The third kappa shape index (κ3) is 8.67. The van der Waals surface area contributed by atoms with Crippen LogP contribution in [0.2, 0.25) is 0 Å². The van der Waals surface area contributed by atoms with E-state index >= 15 is 0 Å². The van der Waals surface area contributed by atoms with Crippen molar-refractivity contribution in [3.63, 3.8) is 0 Å². The van der Waals surface area contributed by atoms with E-state index < -0.39 is 6.10 Å². The van der Waals surface area contributed by atoms with Gasteiger partial charge in [0, 0.05) is 57.7 Å². The first-order valence-corrected chi connectivity index (χ1v) is 12.5. The van der Waals surface area contributed by atoms with E-state index in [1.54, 1.807) is 6.08 Å². The lowest BCUT2D eigenvalue weighted by Crippen LogP contribution is -2.43. The van der Waals surface area contributed by atoms with E-state index in [4.69, 9.17) is 9.47 Å². The van der Waals surface area contributed by atoms with Crippen molar-refractivity contribution < 1.29 is 14.6 Å². The van der Waals surface area contributed by atoms with Gasteiger partial charge in [0.15, 0.2) is 0 Å². The number of hydrogen-bond acceptors (Lipinski definition) is 5. The summed E-state index contributed by atoms with van der Waals surface area (Å²) in [6.45, 7) is 18.8. The van der Waals surface area contributed by atoms with E-state index in [9.17, 15) is 5.11 Å². The first-order chi connectivity index (χ1) is 16.3. The minimum atomic E-state index is -0.530. The minimum Gasteiger partial charge on any atom is -0.389 e. The number of benzene rings is 1. The molecule has 6 heteroatoms. The summed E-state index contributed by atoms with van der Waals surface area (Å²) in [6, 6.07) is 13.3. The number of ether oxygens (including phenoxy) is 2. The number of aliphatic hydroxyl groups is 1. The topological polar surface area (TPSA) is 50.1 Å². The zero-order valence-corrected chi connectivity index (χ0v) is 21.3. The average Bonchev–Trinajstić information content (AvgIpc) is 3.24. The molecule has 0 bridgehead atoms. The van der Waals surface area contributed by atoms with E-state index in [0.717, 1.165) is 52.5 Å². The Bertz CT molecular complexity index is 851. The largest absolute Gasteiger partial charge is 0.389 e. The zero-order chi connectivity index (χ0) is 24.4. The van der Waals surface area contributed by atoms with Crippen molar-refractivity contribution in [1.29, 1.82) is 0 Å². The van der Waals surface area contributed by atoms with Crippen molar-refractivity contribution in [2.45, 2.75) is 45.4 Å². The van der Waals surface area contributed by atoms with Gasteiger partial charge in [-0.1, -0.05) is 51.1 Å². The molecular weight excluding hydrogens is 426 g/mol. The highest BCUT2D eigenvalue weighted by Crippen LogP contribution is 2.22.